The molecule has 0 amide bonds. The molecule has 0 aliphatic heterocycles. The maximum atomic E-state index is 11.9. The van der Waals surface area contributed by atoms with Gasteiger partial charge in [0.05, 0.1) is 15.6 Å². The summed E-state index contributed by atoms with van der Waals surface area (Å²) >= 11 is 11.6. The van der Waals surface area contributed by atoms with E-state index in [4.69, 9.17) is 37.9 Å². The quantitative estimate of drug-likeness (QED) is 0.577. The SMILES string of the molecule is N#Cc1ccccc1OCC(=O)OCC(=O)c1ccc(Cl)c(Cl)c1. The number of ketones is 1. The van der Waals surface area contributed by atoms with E-state index in [1.807, 2.05) is 6.07 Å². The van der Waals surface area contributed by atoms with Gasteiger partial charge < -0.3 is 9.47 Å². The van der Waals surface area contributed by atoms with Gasteiger partial charge in [0, 0.05) is 5.56 Å². The van der Waals surface area contributed by atoms with Crippen molar-refractivity contribution in [3.8, 4) is 11.8 Å². The Morgan fingerprint density at radius 3 is 2.50 bits per heavy atom. The minimum absolute atomic E-state index is 0.241. The standard InChI is InChI=1S/C17H11Cl2NO4/c18-13-6-5-11(7-14(13)19)15(21)9-24-17(22)10-23-16-4-2-1-3-12(16)8-20/h1-7H,9-10H2. The van der Waals surface area contributed by atoms with Crippen molar-refractivity contribution in [1.82, 2.24) is 0 Å². The lowest BCUT2D eigenvalue weighted by Gasteiger charge is -2.08. The number of halogens is 2. The predicted octanol–water partition coefficient (Wildman–Crippen LogP) is 3.67. The Balaban J connectivity index is 1.86. The fraction of sp³-hybridized carbons (Fsp3) is 0.118. The molecule has 0 aliphatic rings. The molecule has 5 nitrogen and oxygen atoms in total. The van der Waals surface area contributed by atoms with Crippen LogP contribution in [0.25, 0.3) is 0 Å². The topological polar surface area (TPSA) is 76.4 Å². The van der Waals surface area contributed by atoms with E-state index < -0.39 is 25.0 Å². The van der Waals surface area contributed by atoms with Gasteiger partial charge in [0.2, 0.25) is 0 Å². The van der Waals surface area contributed by atoms with E-state index in [0.29, 0.717) is 10.6 Å². The number of nitriles is 1. The Kier molecular flexibility index (Phi) is 6.19. The van der Waals surface area contributed by atoms with Crippen LogP contribution in [0.5, 0.6) is 5.75 Å². The molecule has 0 radical (unpaired) electrons. The number of esters is 1. The van der Waals surface area contributed by atoms with Crippen LogP contribution in [-0.2, 0) is 9.53 Å². The molecule has 0 saturated heterocycles. The second-order valence-electron chi connectivity index (χ2n) is 4.61. The Labute approximate surface area is 148 Å². The third-order valence-electron chi connectivity index (χ3n) is 2.96. The lowest BCUT2D eigenvalue weighted by Crippen LogP contribution is -2.19. The molecule has 0 aliphatic carbocycles. The zero-order chi connectivity index (χ0) is 17.5. The highest BCUT2D eigenvalue weighted by atomic mass is 35.5. The molecule has 0 N–H and O–H groups in total. The first-order valence-electron chi connectivity index (χ1n) is 6.77. The second kappa shape index (κ2) is 8.34. The number of ether oxygens (including phenoxy) is 2. The van der Waals surface area contributed by atoms with E-state index in [0.717, 1.165) is 0 Å². The summed E-state index contributed by atoms with van der Waals surface area (Å²) in [6.07, 6.45) is 0. The summed E-state index contributed by atoms with van der Waals surface area (Å²) < 4.78 is 10.1. The first-order chi connectivity index (χ1) is 11.5. The fourth-order valence-corrected chi connectivity index (χ4v) is 2.06. The van der Waals surface area contributed by atoms with Crippen LogP contribution < -0.4 is 4.74 Å². The van der Waals surface area contributed by atoms with E-state index in [9.17, 15) is 9.59 Å². The number of carbonyl (C=O) groups excluding carboxylic acids is 2. The van der Waals surface area contributed by atoms with Gasteiger partial charge in [-0.3, -0.25) is 4.79 Å². The normalized spacial score (nSPS) is 9.88. The Hall–Kier alpha value is -2.55. The average molecular weight is 364 g/mol. The van der Waals surface area contributed by atoms with Crippen LogP contribution in [0.4, 0.5) is 0 Å². The molecule has 0 atom stereocenters. The summed E-state index contributed by atoms with van der Waals surface area (Å²) in [6.45, 7) is -0.854. The smallest absolute Gasteiger partial charge is 0.344 e. The molecule has 0 aromatic heterocycles. The third-order valence-corrected chi connectivity index (χ3v) is 3.70. The predicted molar refractivity (Wildman–Crippen MR) is 88.4 cm³/mol. The van der Waals surface area contributed by atoms with Gasteiger partial charge in [0.15, 0.2) is 19.0 Å². The van der Waals surface area contributed by atoms with Gasteiger partial charge in [-0.05, 0) is 30.3 Å². The summed E-state index contributed by atoms with van der Waals surface area (Å²) in [5.41, 5.74) is 0.588. The first-order valence-corrected chi connectivity index (χ1v) is 7.52. The van der Waals surface area contributed by atoms with Gasteiger partial charge in [-0.2, -0.15) is 5.26 Å². The Bertz CT molecular complexity index is 814. The van der Waals surface area contributed by atoms with E-state index >= 15 is 0 Å². The zero-order valence-corrected chi connectivity index (χ0v) is 13.8. The molecule has 24 heavy (non-hydrogen) atoms. The minimum Gasteiger partial charge on any atom is -0.481 e. The van der Waals surface area contributed by atoms with Crippen LogP contribution >= 0.6 is 23.2 Å². The van der Waals surface area contributed by atoms with Crippen molar-refractivity contribution in [3.05, 3.63) is 63.6 Å². The number of rotatable bonds is 6. The molecular formula is C17H11Cl2NO4. The average Bonchev–Trinajstić information content (AvgIpc) is 2.60. The molecule has 2 rings (SSSR count). The highest BCUT2D eigenvalue weighted by Gasteiger charge is 2.12. The van der Waals surface area contributed by atoms with Crippen LogP contribution in [-0.4, -0.2) is 25.0 Å². The largest absolute Gasteiger partial charge is 0.481 e. The maximum Gasteiger partial charge on any atom is 0.344 e. The lowest BCUT2D eigenvalue weighted by molar-refractivity contribution is -0.144. The van der Waals surface area contributed by atoms with Crippen LogP contribution in [0.2, 0.25) is 10.0 Å². The van der Waals surface area contributed by atoms with Crippen LogP contribution in [0.1, 0.15) is 15.9 Å². The van der Waals surface area contributed by atoms with E-state index in [1.54, 1.807) is 24.3 Å². The number of hydrogen-bond donors (Lipinski definition) is 0. The second-order valence-corrected chi connectivity index (χ2v) is 5.42. The van der Waals surface area contributed by atoms with Crippen molar-refractivity contribution in [3.63, 3.8) is 0 Å². The summed E-state index contributed by atoms with van der Waals surface area (Å²) in [6, 6.07) is 12.8. The van der Waals surface area contributed by atoms with Gasteiger partial charge in [0.25, 0.3) is 0 Å². The van der Waals surface area contributed by atoms with Crippen molar-refractivity contribution in [2.45, 2.75) is 0 Å². The van der Waals surface area contributed by atoms with Gasteiger partial charge >= 0.3 is 5.97 Å². The van der Waals surface area contributed by atoms with Crippen LogP contribution in [0.3, 0.4) is 0 Å². The molecule has 0 fully saturated rings. The molecular weight excluding hydrogens is 353 g/mol. The van der Waals surface area contributed by atoms with Crippen LogP contribution in [0.15, 0.2) is 42.5 Å². The van der Waals surface area contributed by atoms with Gasteiger partial charge in [-0.1, -0.05) is 35.3 Å². The fourth-order valence-electron chi connectivity index (χ4n) is 1.76. The number of benzene rings is 2. The molecule has 0 spiro atoms. The van der Waals surface area contributed by atoms with E-state index in [-0.39, 0.29) is 16.3 Å². The minimum atomic E-state index is -0.726. The van der Waals surface area contributed by atoms with E-state index in [1.165, 1.54) is 18.2 Å². The highest BCUT2D eigenvalue weighted by molar-refractivity contribution is 6.42. The number of Topliss-reactive ketones (excluding diaryl/α,β-unsaturated/α-hetero) is 1. The van der Waals surface area contributed by atoms with Crippen molar-refractivity contribution < 1.29 is 19.1 Å². The summed E-state index contributed by atoms with van der Waals surface area (Å²) in [5.74, 6) is -0.872. The molecule has 2 aromatic rings. The van der Waals surface area contributed by atoms with Gasteiger partial charge in [-0.15, -0.1) is 0 Å². The molecule has 2 aromatic carbocycles. The lowest BCUT2D eigenvalue weighted by atomic mass is 10.1. The maximum absolute atomic E-state index is 11.9. The number of hydrogen-bond acceptors (Lipinski definition) is 5. The van der Waals surface area contributed by atoms with Gasteiger partial charge in [-0.25, -0.2) is 4.79 Å². The number of para-hydroxylation sites is 1. The van der Waals surface area contributed by atoms with Crippen molar-refractivity contribution in [2.75, 3.05) is 13.2 Å². The Morgan fingerprint density at radius 2 is 1.79 bits per heavy atom. The van der Waals surface area contributed by atoms with Crippen molar-refractivity contribution >= 4 is 35.0 Å². The zero-order valence-electron chi connectivity index (χ0n) is 12.3. The van der Waals surface area contributed by atoms with Crippen LogP contribution in [0, 0.1) is 11.3 Å². The molecule has 122 valence electrons. The summed E-state index contributed by atoms with van der Waals surface area (Å²) in [4.78, 5) is 23.6. The third kappa shape index (κ3) is 4.72. The van der Waals surface area contributed by atoms with Crippen molar-refractivity contribution in [2.24, 2.45) is 0 Å². The molecule has 0 bridgehead atoms. The summed E-state index contributed by atoms with van der Waals surface area (Å²) in [5, 5.41) is 9.49. The Morgan fingerprint density at radius 1 is 1.04 bits per heavy atom. The molecule has 0 saturated carbocycles. The monoisotopic (exact) mass is 363 g/mol. The molecule has 0 heterocycles. The first kappa shape index (κ1) is 17.8. The number of nitrogens with zero attached hydrogens (tertiary/aromatic N) is 1. The van der Waals surface area contributed by atoms with Crippen molar-refractivity contribution in [1.29, 1.82) is 5.26 Å². The molecule has 0 unspecified atom stereocenters. The highest BCUT2D eigenvalue weighted by Crippen LogP contribution is 2.22. The van der Waals surface area contributed by atoms with E-state index in [2.05, 4.69) is 0 Å². The summed E-state index contributed by atoms with van der Waals surface area (Å²) in [7, 11) is 0. The number of carbonyl (C=O) groups is 2. The van der Waals surface area contributed by atoms with Gasteiger partial charge in [0.1, 0.15) is 11.8 Å². The molecule has 7 heteroatoms.